The number of aryl methyl sites for hydroxylation is 1. The van der Waals surface area contributed by atoms with Crippen molar-refractivity contribution in [2.45, 2.75) is 51.6 Å². The quantitative estimate of drug-likeness (QED) is 0.632. The van der Waals surface area contributed by atoms with Gasteiger partial charge in [0.15, 0.2) is 11.5 Å². The van der Waals surface area contributed by atoms with Gasteiger partial charge in [0, 0.05) is 13.1 Å². The zero-order valence-electron chi connectivity index (χ0n) is 17.7. The number of nitrogens with one attached hydrogen (secondary N) is 1. The Balaban J connectivity index is 1.89. The molecule has 3 rings (SSSR count). The highest BCUT2D eigenvalue weighted by atomic mass is 16.5. The van der Waals surface area contributed by atoms with Crippen molar-refractivity contribution >= 4 is 6.03 Å². The molecule has 0 saturated carbocycles. The molecule has 2 amide bonds. The van der Waals surface area contributed by atoms with Crippen molar-refractivity contribution in [3.63, 3.8) is 0 Å². The highest BCUT2D eigenvalue weighted by molar-refractivity contribution is 5.75. The SMILES string of the molecule is CCCCNC(=O)N(Cc1ccc(OC)c(OC)c1)C1CCCc2ccccc21. The number of fused-ring (bicyclic) bond motifs is 1. The summed E-state index contributed by atoms with van der Waals surface area (Å²) in [6.07, 6.45) is 5.19. The van der Waals surface area contributed by atoms with Crippen LogP contribution in [0, 0.1) is 0 Å². The van der Waals surface area contributed by atoms with E-state index in [2.05, 4.69) is 36.5 Å². The molecule has 1 aliphatic rings. The van der Waals surface area contributed by atoms with Gasteiger partial charge in [0.1, 0.15) is 0 Å². The Morgan fingerprint density at radius 2 is 1.93 bits per heavy atom. The molecule has 2 aromatic carbocycles. The van der Waals surface area contributed by atoms with Crippen LogP contribution in [-0.2, 0) is 13.0 Å². The van der Waals surface area contributed by atoms with Gasteiger partial charge >= 0.3 is 6.03 Å². The molecule has 0 aromatic heterocycles. The summed E-state index contributed by atoms with van der Waals surface area (Å²) in [5.74, 6) is 1.37. The molecular formula is C24H32N2O3. The predicted octanol–water partition coefficient (Wildman–Crippen LogP) is 5.09. The fourth-order valence-corrected chi connectivity index (χ4v) is 4.02. The molecule has 1 N–H and O–H groups in total. The van der Waals surface area contributed by atoms with Crippen LogP contribution >= 0.6 is 0 Å². The van der Waals surface area contributed by atoms with Gasteiger partial charge in [-0.05, 0) is 54.5 Å². The first-order valence-electron chi connectivity index (χ1n) is 10.5. The molecule has 0 saturated heterocycles. The number of nitrogens with zero attached hydrogens (tertiary/aromatic N) is 1. The van der Waals surface area contributed by atoms with Gasteiger partial charge in [-0.25, -0.2) is 4.79 Å². The van der Waals surface area contributed by atoms with Gasteiger partial charge in [0.2, 0.25) is 0 Å². The zero-order chi connectivity index (χ0) is 20.6. The van der Waals surface area contributed by atoms with Gasteiger partial charge < -0.3 is 19.7 Å². The van der Waals surface area contributed by atoms with Crippen molar-refractivity contribution in [2.75, 3.05) is 20.8 Å². The van der Waals surface area contributed by atoms with E-state index in [4.69, 9.17) is 9.47 Å². The summed E-state index contributed by atoms with van der Waals surface area (Å²) in [4.78, 5) is 15.1. The van der Waals surface area contributed by atoms with Crippen molar-refractivity contribution in [3.8, 4) is 11.5 Å². The molecule has 1 aliphatic carbocycles. The Morgan fingerprint density at radius 1 is 1.14 bits per heavy atom. The number of methoxy groups -OCH3 is 2. The molecule has 2 aromatic rings. The highest BCUT2D eigenvalue weighted by Crippen LogP contribution is 2.36. The molecular weight excluding hydrogens is 364 g/mol. The van der Waals surface area contributed by atoms with Crippen LogP contribution in [0.2, 0.25) is 0 Å². The third kappa shape index (κ3) is 5.03. The van der Waals surface area contributed by atoms with Crippen LogP contribution in [0.25, 0.3) is 0 Å². The largest absolute Gasteiger partial charge is 0.493 e. The molecule has 0 radical (unpaired) electrons. The standard InChI is InChI=1S/C24H32N2O3/c1-4-5-15-25-24(27)26(17-18-13-14-22(28-2)23(16-18)29-3)21-12-8-10-19-9-6-7-11-20(19)21/h6-7,9,11,13-14,16,21H,4-5,8,10,12,15,17H2,1-3H3,(H,25,27). The van der Waals surface area contributed by atoms with Gasteiger partial charge in [-0.15, -0.1) is 0 Å². The molecule has 1 atom stereocenters. The maximum Gasteiger partial charge on any atom is 0.318 e. The molecule has 5 heteroatoms. The van der Waals surface area contributed by atoms with Crippen molar-refractivity contribution in [1.82, 2.24) is 10.2 Å². The molecule has 5 nitrogen and oxygen atoms in total. The van der Waals surface area contributed by atoms with E-state index in [1.54, 1.807) is 14.2 Å². The van der Waals surface area contributed by atoms with Crippen LogP contribution in [0.3, 0.4) is 0 Å². The minimum Gasteiger partial charge on any atom is -0.493 e. The topological polar surface area (TPSA) is 50.8 Å². The number of carbonyl (C=O) groups is 1. The van der Waals surface area contributed by atoms with E-state index < -0.39 is 0 Å². The normalized spacial score (nSPS) is 15.3. The van der Waals surface area contributed by atoms with Crippen LogP contribution in [-0.4, -0.2) is 31.7 Å². The first kappa shape index (κ1) is 21.0. The number of unbranched alkanes of at least 4 members (excludes halogenated alkanes) is 1. The molecule has 0 bridgehead atoms. The Kier molecular flexibility index (Phi) is 7.39. The van der Waals surface area contributed by atoms with E-state index in [0.29, 0.717) is 24.6 Å². The first-order chi connectivity index (χ1) is 14.2. The lowest BCUT2D eigenvalue weighted by Crippen LogP contribution is -2.43. The molecule has 1 unspecified atom stereocenters. The maximum atomic E-state index is 13.2. The first-order valence-corrected chi connectivity index (χ1v) is 10.5. The van der Waals surface area contributed by atoms with Crippen LogP contribution < -0.4 is 14.8 Å². The summed E-state index contributed by atoms with van der Waals surface area (Å²) < 4.78 is 10.8. The van der Waals surface area contributed by atoms with Crippen molar-refractivity contribution in [2.24, 2.45) is 0 Å². The molecule has 0 spiro atoms. The summed E-state index contributed by atoms with van der Waals surface area (Å²) in [7, 11) is 3.26. The van der Waals surface area contributed by atoms with Gasteiger partial charge in [0.05, 0.1) is 20.3 Å². The molecule has 0 aliphatic heterocycles. The van der Waals surface area contributed by atoms with Gasteiger partial charge in [-0.1, -0.05) is 43.7 Å². The molecule has 0 heterocycles. The molecule has 0 fully saturated rings. The minimum atomic E-state index is -0.00469. The lowest BCUT2D eigenvalue weighted by atomic mass is 9.86. The van der Waals surface area contributed by atoms with Crippen molar-refractivity contribution < 1.29 is 14.3 Å². The summed E-state index contributed by atoms with van der Waals surface area (Å²) in [5, 5.41) is 3.11. The fourth-order valence-electron chi connectivity index (χ4n) is 4.02. The second-order valence-corrected chi connectivity index (χ2v) is 7.51. The zero-order valence-corrected chi connectivity index (χ0v) is 17.7. The van der Waals surface area contributed by atoms with Gasteiger partial charge in [-0.2, -0.15) is 0 Å². The summed E-state index contributed by atoms with van der Waals surface area (Å²) >= 11 is 0. The average Bonchev–Trinajstić information content (AvgIpc) is 2.77. The lowest BCUT2D eigenvalue weighted by Gasteiger charge is -2.36. The monoisotopic (exact) mass is 396 g/mol. The molecule has 156 valence electrons. The summed E-state index contributed by atoms with van der Waals surface area (Å²) in [6.45, 7) is 3.36. The number of urea groups is 1. The van der Waals surface area contributed by atoms with Crippen LogP contribution in [0.1, 0.15) is 55.3 Å². The Bertz CT molecular complexity index is 822. The van der Waals surface area contributed by atoms with Gasteiger partial charge in [-0.3, -0.25) is 0 Å². The lowest BCUT2D eigenvalue weighted by molar-refractivity contribution is 0.162. The predicted molar refractivity (Wildman–Crippen MR) is 116 cm³/mol. The van der Waals surface area contributed by atoms with Crippen LogP contribution in [0.15, 0.2) is 42.5 Å². The number of benzene rings is 2. The van der Waals surface area contributed by atoms with Gasteiger partial charge in [0.25, 0.3) is 0 Å². The van der Waals surface area contributed by atoms with E-state index in [9.17, 15) is 4.79 Å². The van der Waals surface area contributed by atoms with E-state index >= 15 is 0 Å². The summed E-state index contributed by atoms with van der Waals surface area (Å²) in [5.41, 5.74) is 3.64. The van der Waals surface area contributed by atoms with E-state index in [1.165, 1.54) is 11.1 Å². The highest BCUT2D eigenvalue weighted by Gasteiger charge is 2.29. The van der Waals surface area contributed by atoms with E-state index in [-0.39, 0.29) is 12.1 Å². The summed E-state index contributed by atoms with van der Waals surface area (Å²) in [6, 6.07) is 14.4. The second-order valence-electron chi connectivity index (χ2n) is 7.51. The third-order valence-corrected chi connectivity index (χ3v) is 5.58. The Hall–Kier alpha value is -2.69. The molecule has 29 heavy (non-hydrogen) atoms. The van der Waals surface area contributed by atoms with Crippen molar-refractivity contribution in [3.05, 3.63) is 59.2 Å². The number of rotatable bonds is 8. The fraction of sp³-hybridized carbons (Fsp3) is 0.458. The Labute approximate surface area is 174 Å². The van der Waals surface area contributed by atoms with E-state index in [1.807, 2.05) is 23.1 Å². The van der Waals surface area contributed by atoms with Crippen molar-refractivity contribution in [1.29, 1.82) is 0 Å². The smallest absolute Gasteiger partial charge is 0.318 e. The second kappa shape index (κ2) is 10.2. The number of ether oxygens (including phenoxy) is 2. The number of hydrogen-bond acceptors (Lipinski definition) is 3. The van der Waals surface area contributed by atoms with E-state index in [0.717, 1.165) is 37.7 Å². The third-order valence-electron chi connectivity index (χ3n) is 5.58. The van der Waals surface area contributed by atoms with Crippen LogP contribution in [0.5, 0.6) is 11.5 Å². The maximum absolute atomic E-state index is 13.2. The number of carbonyl (C=O) groups excluding carboxylic acids is 1. The average molecular weight is 397 g/mol. The Morgan fingerprint density at radius 3 is 2.69 bits per heavy atom. The number of amides is 2. The minimum absolute atomic E-state index is 0.00469. The van der Waals surface area contributed by atoms with Crippen LogP contribution in [0.4, 0.5) is 4.79 Å². The number of hydrogen-bond donors (Lipinski definition) is 1.